The molecule has 0 heterocycles. The molecule has 0 fully saturated rings. The maximum atomic E-state index is 11.7. The van der Waals surface area contributed by atoms with Crippen molar-refractivity contribution in [3.63, 3.8) is 0 Å². The molecule has 1 rings (SSSR count). The Hall–Kier alpha value is -0.670. The number of thioether (sulfide) groups is 1. The molecule has 0 aliphatic rings. The van der Waals surface area contributed by atoms with Gasteiger partial charge in [0.25, 0.3) is 0 Å². The topological polar surface area (TPSA) is 20.3 Å². The van der Waals surface area contributed by atoms with E-state index in [1.807, 2.05) is 43.0 Å². The summed E-state index contributed by atoms with van der Waals surface area (Å²) in [5.74, 6) is 1.57. The van der Waals surface area contributed by atoms with Crippen LogP contribution in [0.15, 0.2) is 24.3 Å². The lowest BCUT2D eigenvalue weighted by molar-refractivity contribution is -0.127. The number of halogens is 1. The third kappa shape index (κ3) is 5.00. The normalized spacial score (nSPS) is 10.3. The zero-order valence-corrected chi connectivity index (χ0v) is 11.9. The Morgan fingerprint density at radius 3 is 2.65 bits per heavy atom. The Balaban J connectivity index is 2.35. The molecule has 0 saturated heterocycles. The minimum absolute atomic E-state index is 0.210. The predicted octanol–water partition coefficient (Wildman–Crippen LogP) is 3.44. The molecular weight excluding hydrogens is 254 g/mol. The minimum atomic E-state index is 0.210. The third-order valence-electron chi connectivity index (χ3n) is 2.50. The van der Waals surface area contributed by atoms with Crippen LogP contribution in [0.5, 0.6) is 0 Å². The summed E-state index contributed by atoms with van der Waals surface area (Å²) in [6.45, 7) is 5.58. The van der Waals surface area contributed by atoms with Gasteiger partial charge in [-0.15, -0.1) is 11.8 Å². The van der Waals surface area contributed by atoms with E-state index in [0.717, 1.165) is 29.4 Å². The molecule has 1 amide bonds. The van der Waals surface area contributed by atoms with E-state index in [9.17, 15) is 4.79 Å². The van der Waals surface area contributed by atoms with Gasteiger partial charge in [-0.25, -0.2) is 0 Å². The summed E-state index contributed by atoms with van der Waals surface area (Å²) in [5, 5.41) is 0.748. The summed E-state index contributed by atoms with van der Waals surface area (Å²) in [6.07, 6.45) is 0. The Bertz CT molecular complexity index is 366. The molecule has 1 aromatic rings. The van der Waals surface area contributed by atoms with Gasteiger partial charge in [-0.2, -0.15) is 0 Å². The molecule has 0 aliphatic carbocycles. The fourth-order valence-electron chi connectivity index (χ4n) is 1.55. The van der Waals surface area contributed by atoms with Gasteiger partial charge in [0.1, 0.15) is 0 Å². The van der Waals surface area contributed by atoms with Crippen molar-refractivity contribution >= 4 is 29.3 Å². The first-order chi connectivity index (χ1) is 8.17. The highest BCUT2D eigenvalue weighted by molar-refractivity contribution is 7.99. The number of benzene rings is 1. The Morgan fingerprint density at radius 2 is 2.06 bits per heavy atom. The quantitative estimate of drug-likeness (QED) is 0.790. The van der Waals surface area contributed by atoms with Crippen LogP contribution < -0.4 is 0 Å². The van der Waals surface area contributed by atoms with Gasteiger partial charge >= 0.3 is 0 Å². The summed E-state index contributed by atoms with van der Waals surface area (Å²) in [7, 11) is 0. The van der Waals surface area contributed by atoms with E-state index < -0.39 is 0 Å². The van der Waals surface area contributed by atoms with E-state index in [2.05, 4.69) is 0 Å². The monoisotopic (exact) mass is 271 g/mol. The Morgan fingerprint density at radius 1 is 1.35 bits per heavy atom. The fourth-order valence-corrected chi connectivity index (χ4v) is 2.64. The highest BCUT2D eigenvalue weighted by Gasteiger charge is 2.08. The SMILES string of the molecule is CCN(CC)C(=O)CSCc1cccc(Cl)c1. The first kappa shape index (κ1) is 14.4. The van der Waals surface area contributed by atoms with Crippen LogP contribution >= 0.6 is 23.4 Å². The minimum Gasteiger partial charge on any atom is -0.343 e. The van der Waals surface area contributed by atoms with E-state index in [4.69, 9.17) is 11.6 Å². The van der Waals surface area contributed by atoms with Crippen molar-refractivity contribution in [3.05, 3.63) is 34.9 Å². The molecule has 0 aromatic heterocycles. The molecule has 94 valence electrons. The highest BCUT2D eigenvalue weighted by Crippen LogP contribution is 2.16. The van der Waals surface area contributed by atoms with Gasteiger partial charge < -0.3 is 4.90 Å². The molecule has 1 aromatic carbocycles. The molecule has 4 heteroatoms. The van der Waals surface area contributed by atoms with Crippen molar-refractivity contribution in [1.82, 2.24) is 4.90 Å². The van der Waals surface area contributed by atoms with E-state index in [0.29, 0.717) is 5.75 Å². The zero-order valence-electron chi connectivity index (χ0n) is 10.3. The van der Waals surface area contributed by atoms with Gasteiger partial charge in [0, 0.05) is 23.9 Å². The van der Waals surface area contributed by atoms with Gasteiger partial charge in [0.15, 0.2) is 0 Å². The number of amides is 1. The average Bonchev–Trinajstić information content (AvgIpc) is 2.30. The summed E-state index contributed by atoms with van der Waals surface area (Å²) < 4.78 is 0. The van der Waals surface area contributed by atoms with E-state index in [-0.39, 0.29) is 5.91 Å². The number of rotatable bonds is 6. The summed E-state index contributed by atoms with van der Waals surface area (Å²) in [4.78, 5) is 13.6. The average molecular weight is 272 g/mol. The smallest absolute Gasteiger partial charge is 0.232 e. The highest BCUT2D eigenvalue weighted by atomic mass is 35.5. The Labute approximate surface area is 112 Å². The van der Waals surface area contributed by atoms with Gasteiger partial charge in [-0.3, -0.25) is 4.79 Å². The van der Waals surface area contributed by atoms with Crippen molar-refractivity contribution in [2.24, 2.45) is 0 Å². The van der Waals surface area contributed by atoms with Crippen molar-refractivity contribution in [2.45, 2.75) is 19.6 Å². The summed E-state index contributed by atoms with van der Waals surface area (Å²) in [6, 6.07) is 7.76. The third-order valence-corrected chi connectivity index (χ3v) is 3.72. The number of carbonyl (C=O) groups is 1. The second-order valence-electron chi connectivity index (χ2n) is 3.69. The van der Waals surface area contributed by atoms with E-state index in [1.165, 1.54) is 0 Å². The first-order valence-corrected chi connectivity index (χ1v) is 7.30. The Kier molecular flexibility index (Phi) is 6.45. The molecule has 17 heavy (non-hydrogen) atoms. The molecule has 0 aliphatic heterocycles. The van der Waals surface area contributed by atoms with Crippen molar-refractivity contribution in [2.75, 3.05) is 18.8 Å². The second kappa shape index (κ2) is 7.62. The maximum Gasteiger partial charge on any atom is 0.232 e. The summed E-state index contributed by atoms with van der Waals surface area (Å²) in [5.41, 5.74) is 1.16. The van der Waals surface area contributed by atoms with Crippen molar-refractivity contribution in [3.8, 4) is 0 Å². The van der Waals surface area contributed by atoms with Crippen LogP contribution in [0.2, 0.25) is 5.02 Å². The number of hydrogen-bond donors (Lipinski definition) is 0. The first-order valence-electron chi connectivity index (χ1n) is 5.77. The number of hydrogen-bond acceptors (Lipinski definition) is 2. The molecule has 0 N–H and O–H groups in total. The predicted molar refractivity (Wildman–Crippen MR) is 75.5 cm³/mol. The molecule has 0 bridgehead atoms. The van der Waals surface area contributed by atoms with Gasteiger partial charge in [0.2, 0.25) is 5.91 Å². The lowest BCUT2D eigenvalue weighted by atomic mass is 10.2. The number of nitrogens with zero attached hydrogens (tertiary/aromatic N) is 1. The van der Waals surface area contributed by atoms with Crippen molar-refractivity contribution in [1.29, 1.82) is 0 Å². The maximum absolute atomic E-state index is 11.7. The number of carbonyl (C=O) groups excluding carboxylic acids is 1. The van der Waals surface area contributed by atoms with Gasteiger partial charge in [-0.05, 0) is 31.5 Å². The van der Waals surface area contributed by atoms with E-state index in [1.54, 1.807) is 11.8 Å². The van der Waals surface area contributed by atoms with Crippen LogP contribution in [-0.4, -0.2) is 29.6 Å². The van der Waals surface area contributed by atoms with Crippen molar-refractivity contribution < 1.29 is 4.79 Å². The molecule has 0 radical (unpaired) electrons. The van der Waals surface area contributed by atoms with E-state index >= 15 is 0 Å². The van der Waals surface area contributed by atoms with Crippen LogP contribution in [0.3, 0.4) is 0 Å². The molecule has 2 nitrogen and oxygen atoms in total. The van der Waals surface area contributed by atoms with Crippen LogP contribution in [-0.2, 0) is 10.5 Å². The lowest BCUT2D eigenvalue weighted by Crippen LogP contribution is -2.31. The van der Waals surface area contributed by atoms with Crippen LogP contribution in [0.4, 0.5) is 0 Å². The molecule has 0 atom stereocenters. The van der Waals surface area contributed by atoms with Crippen LogP contribution in [0.1, 0.15) is 19.4 Å². The fraction of sp³-hybridized carbons (Fsp3) is 0.462. The van der Waals surface area contributed by atoms with Gasteiger partial charge in [0.05, 0.1) is 5.75 Å². The largest absolute Gasteiger partial charge is 0.343 e. The van der Waals surface area contributed by atoms with Gasteiger partial charge in [-0.1, -0.05) is 23.7 Å². The molecule has 0 spiro atoms. The standard InChI is InChI=1S/C13H18ClNOS/c1-3-15(4-2)13(16)10-17-9-11-6-5-7-12(14)8-11/h5-8H,3-4,9-10H2,1-2H3. The van der Waals surface area contributed by atoms with Crippen LogP contribution in [0, 0.1) is 0 Å². The molecular formula is C13H18ClNOS. The second-order valence-corrected chi connectivity index (χ2v) is 5.11. The van der Waals surface area contributed by atoms with Crippen LogP contribution in [0.25, 0.3) is 0 Å². The zero-order chi connectivity index (χ0) is 12.7. The summed E-state index contributed by atoms with van der Waals surface area (Å²) >= 11 is 7.53. The molecule has 0 saturated carbocycles. The lowest BCUT2D eigenvalue weighted by Gasteiger charge is -2.18. The molecule has 0 unspecified atom stereocenters.